The Bertz CT molecular complexity index is 1330. The fourth-order valence-electron chi connectivity index (χ4n) is 4.82. The van der Waals surface area contributed by atoms with Gasteiger partial charge in [0, 0.05) is 19.5 Å². The summed E-state index contributed by atoms with van der Waals surface area (Å²) in [6, 6.07) is 7.17. The lowest BCUT2D eigenvalue weighted by atomic mass is 9.91. The number of aliphatic hydroxyl groups is 2. The molecule has 1 fully saturated rings. The van der Waals surface area contributed by atoms with Crippen LogP contribution in [0, 0.1) is 0 Å². The summed E-state index contributed by atoms with van der Waals surface area (Å²) in [5, 5.41) is 21.9. The Morgan fingerprint density at radius 1 is 1.29 bits per heavy atom. The number of nitrogens with zero attached hydrogens (tertiary/aromatic N) is 7. The molecule has 3 atom stereocenters. The molecule has 5 N–H and O–H groups in total. The number of fused-ring (bicyclic) bond motifs is 2. The molecule has 1 amide bonds. The lowest BCUT2D eigenvalue weighted by Gasteiger charge is -2.34. The maximum absolute atomic E-state index is 13.3. The number of nitrogens with one attached hydrogen (secondary N) is 1. The van der Waals surface area contributed by atoms with E-state index >= 15 is 0 Å². The molecule has 35 heavy (non-hydrogen) atoms. The number of hydrogen-bond donors (Lipinski definition) is 4. The summed E-state index contributed by atoms with van der Waals surface area (Å²) >= 11 is 0. The van der Waals surface area contributed by atoms with Gasteiger partial charge in [-0.3, -0.25) is 9.69 Å². The topological polar surface area (TPSA) is 162 Å². The number of nitrogen functional groups attached to an aromatic ring is 1. The Kier molecular flexibility index (Phi) is 5.87. The van der Waals surface area contributed by atoms with E-state index in [-0.39, 0.29) is 37.8 Å². The van der Waals surface area contributed by atoms with E-state index in [1.54, 1.807) is 22.7 Å². The van der Waals surface area contributed by atoms with E-state index in [0.29, 0.717) is 17.7 Å². The smallest absolute Gasteiger partial charge is 0.236 e. The predicted octanol–water partition coefficient (Wildman–Crippen LogP) is 0.302. The van der Waals surface area contributed by atoms with Crippen LogP contribution in [0.5, 0.6) is 0 Å². The van der Waals surface area contributed by atoms with Crippen LogP contribution in [0.25, 0.3) is 22.2 Å². The number of aromatic amines is 1. The number of aromatic nitrogens is 6. The standard InChI is InChI=1S/C23H29N9O3/c1-23(35)7-14(33)8-31(9-17(23)32-13-27-20-21(24)25-12-26-22(20)32)19(34)11-30(2)10-18-28-15-5-3-4-6-16(15)29-18/h3-6,12-14,17,33,35H,7-11H2,1-2H3,(H,28,29)(H2,24,25,26)/t14-,17+,23+/m1/s1. The fraction of sp³-hybridized carbons (Fsp3) is 0.435. The molecule has 0 spiro atoms. The number of β-amino-alcohol motifs (C(OH)–C–C–N with tert-alkyl or cyclic N) is 1. The third-order valence-electron chi connectivity index (χ3n) is 6.53. The van der Waals surface area contributed by atoms with Crippen LogP contribution < -0.4 is 5.73 Å². The molecule has 1 aromatic carbocycles. The molecule has 1 aliphatic heterocycles. The van der Waals surface area contributed by atoms with Gasteiger partial charge in [-0.05, 0) is 26.1 Å². The van der Waals surface area contributed by atoms with Crippen molar-refractivity contribution in [3.63, 3.8) is 0 Å². The minimum absolute atomic E-state index is 0.0938. The van der Waals surface area contributed by atoms with Crippen molar-refractivity contribution in [3.8, 4) is 0 Å². The number of aliphatic hydroxyl groups excluding tert-OH is 1. The number of carbonyl (C=O) groups excluding carboxylic acids is 1. The third kappa shape index (κ3) is 4.55. The number of amides is 1. The molecular formula is C23H29N9O3. The second kappa shape index (κ2) is 8.87. The number of likely N-dealkylation sites (tertiary alicyclic amines) is 1. The molecule has 0 saturated carbocycles. The first-order valence-corrected chi connectivity index (χ1v) is 11.4. The van der Waals surface area contributed by atoms with Crippen LogP contribution in [0.1, 0.15) is 25.2 Å². The molecule has 3 aromatic heterocycles. The molecule has 184 valence electrons. The van der Waals surface area contributed by atoms with Gasteiger partial charge in [0.1, 0.15) is 17.7 Å². The summed E-state index contributed by atoms with van der Waals surface area (Å²) < 4.78 is 1.71. The molecule has 12 heteroatoms. The van der Waals surface area contributed by atoms with Gasteiger partial charge < -0.3 is 30.4 Å². The maximum atomic E-state index is 13.3. The van der Waals surface area contributed by atoms with Gasteiger partial charge in [-0.1, -0.05) is 12.1 Å². The van der Waals surface area contributed by atoms with E-state index in [1.165, 1.54) is 6.33 Å². The Labute approximate surface area is 201 Å². The van der Waals surface area contributed by atoms with Crippen molar-refractivity contribution in [2.45, 2.75) is 37.6 Å². The highest BCUT2D eigenvalue weighted by molar-refractivity contribution is 5.81. The van der Waals surface area contributed by atoms with E-state index < -0.39 is 17.7 Å². The van der Waals surface area contributed by atoms with Crippen molar-refractivity contribution in [1.29, 1.82) is 0 Å². The molecule has 0 unspecified atom stereocenters. The molecule has 1 saturated heterocycles. The monoisotopic (exact) mass is 479 g/mol. The zero-order valence-electron chi connectivity index (χ0n) is 19.7. The van der Waals surface area contributed by atoms with Gasteiger partial charge in [0.05, 0.1) is 48.2 Å². The molecule has 12 nitrogen and oxygen atoms in total. The van der Waals surface area contributed by atoms with Gasteiger partial charge in [-0.15, -0.1) is 0 Å². The third-order valence-corrected chi connectivity index (χ3v) is 6.53. The zero-order valence-corrected chi connectivity index (χ0v) is 19.7. The van der Waals surface area contributed by atoms with Crippen molar-refractivity contribution in [1.82, 2.24) is 39.3 Å². The average molecular weight is 480 g/mol. The van der Waals surface area contributed by atoms with Gasteiger partial charge in [0.2, 0.25) is 5.91 Å². The summed E-state index contributed by atoms with van der Waals surface area (Å²) in [4.78, 5) is 37.2. The molecule has 4 aromatic rings. The van der Waals surface area contributed by atoms with Crippen molar-refractivity contribution in [3.05, 3.63) is 42.7 Å². The quantitative estimate of drug-likeness (QED) is 0.315. The van der Waals surface area contributed by atoms with Crippen molar-refractivity contribution >= 4 is 33.9 Å². The summed E-state index contributed by atoms with van der Waals surface area (Å²) in [6.45, 7) is 2.53. The van der Waals surface area contributed by atoms with Crippen LogP contribution in [0.2, 0.25) is 0 Å². The summed E-state index contributed by atoms with van der Waals surface area (Å²) in [5.41, 5.74) is 7.33. The first-order valence-electron chi connectivity index (χ1n) is 11.4. The minimum atomic E-state index is -1.32. The SMILES string of the molecule is CN(CC(=O)N1C[C@H](O)C[C@](C)(O)[C@@H](n2cnc3c(N)ncnc32)C1)Cc1nc2ccccc2[nH]1. The van der Waals surface area contributed by atoms with Gasteiger partial charge >= 0.3 is 0 Å². The van der Waals surface area contributed by atoms with Crippen molar-refractivity contribution < 1.29 is 15.0 Å². The van der Waals surface area contributed by atoms with Gasteiger partial charge in [0.25, 0.3) is 0 Å². The minimum Gasteiger partial charge on any atom is -0.391 e. The number of benzene rings is 1. The molecule has 4 heterocycles. The number of rotatable bonds is 5. The maximum Gasteiger partial charge on any atom is 0.236 e. The Hall–Kier alpha value is -3.61. The van der Waals surface area contributed by atoms with Gasteiger partial charge in [0.15, 0.2) is 11.5 Å². The number of likely N-dealkylation sites (N-methyl/N-ethyl adjacent to an activating group) is 1. The van der Waals surface area contributed by atoms with Crippen LogP contribution >= 0.6 is 0 Å². The molecule has 5 rings (SSSR count). The van der Waals surface area contributed by atoms with Crippen LogP contribution in [0.3, 0.4) is 0 Å². The molecular weight excluding hydrogens is 450 g/mol. The molecule has 0 radical (unpaired) electrons. The number of carbonyl (C=O) groups is 1. The number of para-hydroxylation sites is 2. The molecule has 0 aliphatic carbocycles. The molecule has 0 bridgehead atoms. The second-order valence-electron chi connectivity index (χ2n) is 9.49. The van der Waals surface area contributed by atoms with Crippen LogP contribution in [-0.4, -0.2) is 93.8 Å². The average Bonchev–Trinajstić information content (AvgIpc) is 3.37. The van der Waals surface area contributed by atoms with Gasteiger partial charge in [-0.2, -0.15) is 0 Å². The molecule has 1 aliphatic rings. The lowest BCUT2D eigenvalue weighted by Crippen LogP contribution is -2.45. The fourth-order valence-corrected chi connectivity index (χ4v) is 4.82. The second-order valence-corrected chi connectivity index (χ2v) is 9.49. The summed E-state index contributed by atoms with van der Waals surface area (Å²) in [6.07, 6.45) is 2.10. The highest BCUT2D eigenvalue weighted by Gasteiger charge is 2.42. The van der Waals surface area contributed by atoms with Crippen LogP contribution in [0.15, 0.2) is 36.9 Å². The first kappa shape index (κ1) is 23.1. The van der Waals surface area contributed by atoms with Crippen molar-refractivity contribution in [2.75, 3.05) is 32.4 Å². The zero-order chi connectivity index (χ0) is 24.7. The Balaban J connectivity index is 1.35. The number of H-pyrrole nitrogens is 1. The van der Waals surface area contributed by atoms with Crippen molar-refractivity contribution in [2.24, 2.45) is 0 Å². The van der Waals surface area contributed by atoms with E-state index in [0.717, 1.165) is 16.9 Å². The predicted molar refractivity (Wildman–Crippen MR) is 129 cm³/mol. The normalized spacial score (nSPS) is 23.3. The summed E-state index contributed by atoms with van der Waals surface area (Å²) in [5.74, 6) is 0.839. The Morgan fingerprint density at radius 3 is 2.89 bits per heavy atom. The van der Waals surface area contributed by atoms with Crippen LogP contribution in [0.4, 0.5) is 5.82 Å². The number of nitrogens with two attached hydrogens (primary N) is 1. The van der Waals surface area contributed by atoms with E-state index in [1.807, 2.05) is 36.2 Å². The highest BCUT2D eigenvalue weighted by Crippen LogP contribution is 2.34. The number of imidazole rings is 2. The van der Waals surface area contributed by atoms with E-state index in [2.05, 4.69) is 24.9 Å². The van der Waals surface area contributed by atoms with E-state index in [4.69, 9.17) is 5.73 Å². The van der Waals surface area contributed by atoms with Crippen LogP contribution in [-0.2, 0) is 11.3 Å². The van der Waals surface area contributed by atoms with Gasteiger partial charge in [-0.25, -0.2) is 19.9 Å². The first-order chi connectivity index (χ1) is 16.7. The number of hydrogen-bond acceptors (Lipinski definition) is 9. The Morgan fingerprint density at radius 2 is 2.09 bits per heavy atom. The number of anilines is 1. The lowest BCUT2D eigenvalue weighted by molar-refractivity contribution is -0.133. The largest absolute Gasteiger partial charge is 0.391 e. The van der Waals surface area contributed by atoms with E-state index in [9.17, 15) is 15.0 Å². The summed E-state index contributed by atoms with van der Waals surface area (Å²) in [7, 11) is 1.84. The highest BCUT2D eigenvalue weighted by atomic mass is 16.3.